The van der Waals surface area contributed by atoms with Gasteiger partial charge in [0.2, 0.25) is 0 Å². The Morgan fingerprint density at radius 2 is 1.81 bits per heavy atom. The van der Waals surface area contributed by atoms with Crippen molar-refractivity contribution in [3.05, 3.63) is 60.7 Å². The fourth-order valence-electron chi connectivity index (χ4n) is 3.39. The number of fused-ring (bicyclic) bond motifs is 1. The molecule has 0 bridgehead atoms. The van der Waals surface area contributed by atoms with Crippen LogP contribution in [0.15, 0.2) is 54.9 Å². The normalized spacial score (nSPS) is 10.9. The molecule has 7 nitrogen and oxygen atoms in total. The number of hydrogen-bond donors (Lipinski definition) is 1. The summed E-state index contributed by atoms with van der Waals surface area (Å²) >= 11 is 0. The van der Waals surface area contributed by atoms with E-state index in [1.165, 1.54) is 12.1 Å². The molecule has 0 aliphatic rings. The lowest BCUT2D eigenvalue weighted by atomic mass is 10.0. The predicted octanol–water partition coefficient (Wildman–Crippen LogP) is 4.57. The van der Waals surface area contributed by atoms with Gasteiger partial charge in [0.05, 0.1) is 13.7 Å². The van der Waals surface area contributed by atoms with Crippen LogP contribution in [0, 0.1) is 5.82 Å². The number of nitrogens with zero attached hydrogens (tertiary/aromatic N) is 3. The van der Waals surface area contributed by atoms with Gasteiger partial charge in [-0.25, -0.2) is 14.4 Å². The van der Waals surface area contributed by atoms with Crippen LogP contribution in [0.5, 0.6) is 11.5 Å². The molecular formula is C24H23FN4O3. The highest BCUT2D eigenvalue weighted by Crippen LogP contribution is 2.36. The average molecular weight is 434 g/mol. The summed E-state index contributed by atoms with van der Waals surface area (Å²) in [4.78, 5) is 13.5. The molecule has 2 heterocycles. The fraction of sp³-hybridized carbons (Fsp3) is 0.208. The summed E-state index contributed by atoms with van der Waals surface area (Å²) in [5, 5.41) is 3.88. The highest BCUT2D eigenvalue weighted by molar-refractivity contribution is 5.97. The Morgan fingerprint density at radius 1 is 0.969 bits per heavy atom. The zero-order valence-corrected chi connectivity index (χ0v) is 18.1. The molecule has 8 heteroatoms. The molecule has 164 valence electrons. The van der Waals surface area contributed by atoms with Crippen molar-refractivity contribution in [2.75, 3.05) is 39.8 Å². The molecule has 0 amide bonds. The number of aromatic nitrogens is 3. The molecule has 0 atom stereocenters. The largest absolute Gasteiger partial charge is 0.494 e. The van der Waals surface area contributed by atoms with Crippen molar-refractivity contribution in [1.29, 1.82) is 0 Å². The Kier molecular flexibility index (Phi) is 6.42. The van der Waals surface area contributed by atoms with Crippen LogP contribution >= 0.6 is 0 Å². The minimum absolute atomic E-state index is 0.329. The molecule has 32 heavy (non-hydrogen) atoms. The maximum Gasteiger partial charge on any atom is 0.163 e. The third-order valence-corrected chi connectivity index (χ3v) is 4.90. The Morgan fingerprint density at radius 3 is 2.53 bits per heavy atom. The Bertz CT molecular complexity index is 1240. The average Bonchev–Trinajstić information content (AvgIpc) is 2.83. The number of methoxy groups -OCH3 is 2. The molecule has 0 aliphatic heterocycles. The van der Waals surface area contributed by atoms with E-state index >= 15 is 0 Å². The lowest BCUT2D eigenvalue weighted by molar-refractivity contribution is 0.146. The molecule has 0 saturated heterocycles. The van der Waals surface area contributed by atoms with E-state index in [0.717, 1.165) is 16.5 Å². The van der Waals surface area contributed by atoms with Gasteiger partial charge in [0.25, 0.3) is 0 Å². The summed E-state index contributed by atoms with van der Waals surface area (Å²) < 4.78 is 30.6. The highest BCUT2D eigenvalue weighted by atomic mass is 19.1. The standard InChI is InChI=1S/C24H23FN4O3/c1-26-24-20-11-17(16-9-18(25)13-19(10-16)32-8-7-30-2)12-21(31-3)22(20)28-23(29-24)15-5-4-6-27-14-15/h4-6,9-14H,7-8H2,1-3H3,(H,26,28,29). The molecule has 0 unspecified atom stereocenters. The first-order chi connectivity index (χ1) is 15.6. The highest BCUT2D eigenvalue weighted by Gasteiger charge is 2.16. The number of anilines is 1. The van der Waals surface area contributed by atoms with Crippen molar-refractivity contribution < 1.29 is 18.6 Å². The zero-order chi connectivity index (χ0) is 22.5. The topological polar surface area (TPSA) is 78.4 Å². The molecule has 2 aromatic carbocycles. The van der Waals surface area contributed by atoms with Crippen molar-refractivity contribution >= 4 is 16.7 Å². The number of benzene rings is 2. The maximum absolute atomic E-state index is 14.3. The second kappa shape index (κ2) is 9.57. The lowest BCUT2D eigenvalue weighted by Crippen LogP contribution is -2.04. The van der Waals surface area contributed by atoms with Crippen LogP contribution in [0.4, 0.5) is 10.2 Å². The van der Waals surface area contributed by atoms with Gasteiger partial charge in [-0.2, -0.15) is 0 Å². The van der Waals surface area contributed by atoms with Crippen LogP contribution in [-0.2, 0) is 4.74 Å². The van der Waals surface area contributed by atoms with Gasteiger partial charge in [0, 0.05) is 43.6 Å². The van der Waals surface area contributed by atoms with Gasteiger partial charge in [-0.1, -0.05) is 0 Å². The van der Waals surface area contributed by atoms with Gasteiger partial charge < -0.3 is 19.5 Å². The minimum atomic E-state index is -0.397. The third-order valence-electron chi connectivity index (χ3n) is 4.90. The predicted molar refractivity (Wildman–Crippen MR) is 122 cm³/mol. The van der Waals surface area contributed by atoms with Crippen molar-refractivity contribution in [1.82, 2.24) is 15.0 Å². The molecule has 0 radical (unpaired) electrons. The van der Waals surface area contributed by atoms with E-state index in [-0.39, 0.29) is 0 Å². The van der Waals surface area contributed by atoms with Gasteiger partial charge in [-0.3, -0.25) is 4.98 Å². The molecule has 2 aromatic heterocycles. The van der Waals surface area contributed by atoms with E-state index in [1.807, 2.05) is 24.3 Å². The van der Waals surface area contributed by atoms with Crippen molar-refractivity contribution in [3.63, 3.8) is 0 Å². The minimum Gasteiger partial charge on any atom is -0.494 e. The van der Waals surface area contributed by atoms with E-state index < -0.39 is 5.82 Å². The summed E-state index contributed by atoms with van der Waals surface area (Å²) in [6, 6.07) is 12.0. The molecular weight excluding hydrogens is 411 g/mol. The van der Waals surface area contributed by atoms with Gasteiger partial charge in [0.1, 0.15) is 35.3 Å². The first kappa shape index (κ1) is 21.5. The fourth-order valence-corrected chi connectivity index (χ4v) is 3.39. The molecule has 4 rings (SSSR count). The first-order valence-corrected chi connectivity index (χ1v) is 10.0. The SMILES string of the molecule is CNc1nc(-c2cccnc2)nc2c(OC)cc(-c3cc(F)cc(OCCOC)c3)cc12. The smallest absolute Gasteiger partial charge is 0.163 e. The van der Waals surface area contributed by atoms with Gasteiger partial charge in [-0.15, -0.1) is 0 Å². The van der Waals surface area contributed by atoms with E-state index in [2.05, 4.69) is 15.3 Å². The second-order valence-corrected chi connectivity index (χ2v) is 6.98. The van der Waals surface area contributed by atoms with E-state index in [1.54, 1.807) is 39.7 Å². The number of rotatable bonds is 8. The Balaban J connectivity index is 1.84. The third kappa shape index (κ3) is 4.45. The van der Waals surface area contributed by atoms with Crippen LogP contribution in [-0.4, -0.2) is 49.4 Å². The summed E-state index contributed by atoms with van der Waals surface area (Å²) in [5.74, 6) is 1.73. The number of nitrogens with one attached hydrogen (secondary N) is 1. The number of halogens is 1. The van der Waals surface area contributed by atoms with Crippen LogP contribution in [0.3, 0.4) is 0 Å². The number of ether oxygens (including phenoxy) is 3. The van der Waals surface area contributed by atoms with Gasteiger partial charge in [0.15, 0.2) is 5.82 Å². The monoisotopic (exact) mass is 434 g/mol. The van der Waals surface area contributed by atoms with Gasteiger partial charge >= 0.3 is 0 Å². The van der Waals surface area contributed by atoms with Gasteiger partial charge in [-0.05, 0) is 47.5 Å². The van der Waals surface area contributed by atoms with Crippen LogP contribution < -0.4 is 14.8 Å². The summed E-state index contributed by atoms with van der Waals surface area (Å²) in [6.45, 7) is 0.743. The van der Waals surface area contributed by atoms with Crippen LogP contribution in [0.25, 0.3) is 33.4 Å². The summed E-state index contributed by atoms with van der Waals surface area (Å²) in [7, 11) is 4.95. The molecule has 0 fully saturated rings. The second-order valence-electron chi connectivity index (χ2n) is 6.98. The number of hydrogen-bond acceptors (Lipinski definition) is 7. The van der Waals surface area contributed by atoms with E-state index in [0.29, 0.717) is 47.4 Å². The molecule has 4 aromatic rings. The van der Waals surface area contributed by atoms with Crippen molar-refractivity contribution in [2.45, 2.75) is 0 Å². The Hall–Kier alpha value is -3.78. The Labute approximate surface area is 185 Å². The van der Waals surface area contributed by atoms with Crippen LogP contribution in [0.1, 0.15) is 0 Å². The van der Waals surface area contributed by atoms with Crippen molar-refractivity contribution in [3.8, 4) is 34.0 Å². The quantitative estimate of drug-likeness (QED) is 0.407. The molecule has 1 N–H and O–H groups in total. The molecule has 0 saturated carbocycles. The molecule has 0 spiro atoms. The maximum atomic E-state index is 14.3. The zero-order valence-electron chi connectivity index (χ0n) is 18.1. The van der Waals surface area contributed by atoms with Crippen molar-refractivity contribution in [2.24, 2.45) is 0 Å². The first-order valence-electron chi connectivity index (χ1n) is 10.0. The van der Waals surface area contributed by atoms with E-state index in [4.69, 9.17) is 19.2 Å². The lowest BCUT2D eigenvalue weighted by Gasteiger charge is -2.14. The van der Waals surface area contributed by atoms with E-state index in [9.17, 15) is 4.39 Å². The number of pyridine rings is 1. The summed E-state index contributed by atoms with van der Waals surface area (Å²) in [5.41, 5.74) is 2.83. The summed E-state index contributed by atoms with van der Waals surface area (Å²) in [6.07, 6.45) is 3.40. The molecule has 0 aliphatic carbocycles. The van der Waals surface area contributed by atoms with Crippen LogP contribution in [0.2, 0.25) is 0 Å².